The van der Waals surface area contributed by atoms with E-state index in [4.69, 9.17) is 10.5 Å². The zero-order valence-corrected chi connectivity index (χ0v) is 11.6. The van der Waals surface area contributed by atoms with E-state index < -0.39 is 0 Å². The molecule has 0 radical (unpaired) electrons. The maximum absolute atomic E-state index is 12.2. The third-order valence-electron chi connectivity index (χ3n) is 3.32. The van der Waals surface area contributed by atoms with Gasteiger partial charge in [-0.25, -0.2) is 0 Å². The number of hydrogen-bond acceptors (Lipinski definition) is 3. The van der Waals surface area contributed by atoms with Gasteiger partial charge in [-0.15, -0.1) is 0 Å². The second-order valence-electron chi connectivity index (χ2n) is 5.28. The van der Waals surface area contributed by atoms with Crippen LogP contribution in [-0.4, -0.2) is 30.0 Å². The van der Waals surface area contributed by atoms with Crippen molar-refractivity contribution in [2.75, 3.05) is 7.11 Å². The minimum absolute atomic E-state index is 0.0791. The Morgan fingerprint density at radius 2 is 2.05 bits per heavy atom. The molecule has 0 bridgehead atoms. The summed E-state index contributed by atoms with van der Waals surface area (Å²) in [6.45, 7) is 2.54. The lowest BCUT2D eigenvalue weighted by Crippen LogP contribution is -2.36. The van der Waals surface area contributed by atoms with E-state index in [9.17, 15) is 4.79 Å². The van der Waals surface area contributed by atoms with Gasteiger partial charge in [0.15, 0.2) is 0 Å². The average molecular weight is 262 g/mol. The van der Waals surface area contributed by atoms with Crippen molar-refractivity contribution < 1.29 is 9.53 Å². The van der Waals surface area contributed by atoms with Crippen molar-refractivity contribution in [3.05, 3.63) is 29.8 Å². The van der Waals surface area contributed by atoms with E-state index in [2.05, 4.69) is 0 Å². The van der Waals surface area contributed by atoms with E-state index in [-0.39, 0.29) is 11.9 Å². The Hall–Kier alpha value is -1.55. The first-order valence-electron chi connectivity index (χ1n) is 6.78. The molecule has 1 amide bonds. The van der Waals surface area contributed by atoms with Crippen molar-refractivity contribution in [2.24, 2.45) is 5.73 Å². The van der Waals surface area contributed by atoms with Gasteiger partial charge in [-0.2, -0.15) is 0 Å². The van der Waals surface area contributed by atoms with Gasteiger partial charge < -0.3 is 15.4 Å². The molecular weight excluding hydrogens is 240 g/mol. The average Bonchev–Trinajstić information content (AvgIpc) is 3.20. The summed E-state index contributed by atoms with van der Waals surface area (Å²) in [6, 6.07) is 8.20. The molecule has 0 saturated heterocycles. The van der Waals surface area contributed by atoms with Crippen LogP contribution >= 0.6 is 0 Å². The molecule has 1 aromatic carbocycles. The summed E-state index contributed by atoms with van der Waals surface area (Å²) >= 11 is 0. The van der Waals surface area contributed by atoms with Crippen molar-refractivity contribution in [1.29, 1.82) is 0 Å². The number of carbonyl (C=O) groups excluding carboxylic acids is 1. The smallest absolute Gasteiger partial charge is 0.224 e. The summed E-state index contributed by atoms with van der Waals surface area (Å²) in [4.78, 5) is 14.1. The highest BCUT2D eigenvalue weighted by atomic mass is 16.5. The second kappa shape index (κ2) is 6.06. The summed E-state index contributed by atoms with van der Waals surface area (Å²) in [5.41, 5.74) is 6.85. The van der Waals surface area contributed by atoms with Gasteiger partial charge in [-0.05, 0) is 37.5 Å². The fraction of sp³-hybridized carbons (Fsp3) is 0.533. The van der Waals surface area contributed by atoms with Gasteiger partial charge in [0, 0.05) is 25.0 Å². The van der Waals surface area contributed by atoms with Crippen LogP contribution in [0.3, 0.4) is 0 Å². The molecule has 1 aromatic rings. The van der Waals surface area contributed by atoms with Gasteiger partial charge in [0.2, 0.25) is 5.91 Å². The van der Waals surface area contributed by atoms with Crippen LogP contribution in [0.1, 0.15) is 31.7 Å². The Balaban J connectivity index is 2.01. The number of rotatable bonds is 6. The van der Waals surface area contributed by atoms with Gasteiger partial charge in [0.1, 0.15) is 5.75 Å². The molecule has 4 heteroatoms. The monoisotopic (exact) mass is 262 g/mol. The summed E-state index contributed by atoms with van der Waals surface area (Å²) < 4.78 is 5.14. The Kier molecular flexibility index (Phi) is 4.43. The minimum atomic E-state index is -0.0791. The molecule has 0 aromatic heterocycles. The first-order valence-corrected chi connectivity index (χ1v) is 6.78. The van der Waals surface area contributed by atoms with Gasteiger partial charge >= 0.3 is 0 Å². The highest BCUT2D eigenvalue weighted by molar-refractivity contribution is 5.77. The summed E-state index contributed by atoms with van der Waals surface area (Å²) in [7, 11) is 1.65. The molecule has 1 fully saturated rings. The lowest BCUT2D eigenvalue weighted by molar-refractivity contribution is -0.132. The molecule has 1 unspecified atom stereocenters. The van der Waals surface area contributed by atoms with Gasteiger partial charge in [-0.3, -0.25) is 4.79 Å². The zero-order chi connectivity index (χ0) is 13.8. The predicted octanol–water partition coefficient (Wildman–Crippen LogP) is 1.92. The Morgan fingerprint density at radius 1 is 1.42 bits per heavy atom. The zero-order valence-electron chi connectivity index (χ0n) is 11.6. The number of methoxy groups -OCH3 is 1. The molecule has 1 aliphatic carbocycles. The SMILES string of the molecule is COc1ccc(CN(C(=O)CC(C)N)C2CC2)cc1. The summed E-state index contributed by atoms with van der Waals surface area (Å²) in [6.07, 6.45) is 2.65. The number of ether oxygens (including phenoxy) is 1. The van der Waals surface area contributed by atoms with Crippen molar-refractivity contribution in [3.63, 3.8) is 0 Å². The lowest BCUT2D eigenvalue weighted by Gasteiger charge is -2.23. The highest BCUT2D eigenvalue weighted by Crippen LogP contribution is 2.29. The first-order chi connectivity index (χ1) is 9.10. The summed E-state index contributed by atoms with van der Waals surface area (Å²) in [5, 5.41) is 0. The maximum Gasteiger partial charge on any atom is 0.224 e. The fourth-order valence-electron chi connectivity index (χ4n) is 2.13. The van der Waals surface area contributed by atoms with Crippen LogP contribution in [0.15, 0.2) is 24.3 Å². The third-order valence-corrected chi connectivity index (χ3v) is 3.32. The number of nitrogens with zero attached hydrogens (tertiary/aromatic N) is 1. The second-order valence-corrected chi connectivity index (χ2v) is 5.28. The van der Waals surface area contributed by atoms with Crippen molar-refractivity contribution >= 4 is 5.91 Å². The number of hydrogen-bond donors (Lipinski definition) is 1. The molecule has 0 heterocycles. The van der Waals surface area contributed by atoms with Crippen molar-refractivity contribution in [1.82, 2.24) is 4.90 Å². The van der Waals surface area contributed by atoms with Crippen LogP contribution in [0.4, 0.5) is 0 Å². The van der Waals surface area contributed by atoms with Crippen LogP contribution in [0.5, 0.6) is 5.75 Å². The summed E-state index contributed by atoms with van der Waals surface area (Å²) in [5.74, 6) is 0.997. The first kappa shape index (κ1) is 13.9. The Morgan fingerprint density at radius 3 is 2.53 bits per heavy atom. The maximum atomic E-state index is 12.2. The number of carbonyl (C=O) groups is 1. The Labute approximate surface area is 114 Å². The van der Waals surface area contributed by atoms with E-state index in [0.717, 1.165) is 24.2 Å². The molecule has 0 aliphatic heterocycles. The number of benzene rings is 1. The minimum Gasteiger partial charge on any atom is -0.497 e. The van der Waals surface area contributed by atoms with Gasteiger partial charge in [0.25, 0.3) is 0 Å². The fourth-order valence-corrected chi connectivity index (χ4v) is 2.13. The normalized spacial score (nSPS) is 15.9. The van der Waals surface area contributed by atoms with E-state index in [1.54, 1.807) is 7.11 Å². The molecule has 0 spiro atoms. The molecule has 2 rings (SSSR count). The standard InChI is InChI=1S/C15H22N2O2/c1-11(16)9-15(18)17(13-5-6-13)10-12-3-7-14(19-2)8-4-12/h3-4,7-8,11,13H,5-6,9-10,16H2,1-2H3. The molecular formula is C15H22N2O2. The third kappa shape index (κ3) is 3.96. The largest absolute Gasteiger partial charge is 0.497 e. The Bertz CT molecular complexity index is 424. The van der Waals surface area contributed by atoms with Crippen LogP contribution in [0, 0.1) is 0 Å². The molecule has 4 nitrogen and oxygen atoms in total. The van der Waals surface area contributed by atoms with Crippen LogP contribution in [0.2, 0.25) is 0 Å². The van der Waals surface area contributed by atoms with E-state index in [1.807, 2.05) is 36.1 Å². The predicted molar refractivity (Wildman–Crippen MR) is 74.8 cm³/mol. The topological polar surface area (TPSA) is 55.6 Å². The van der Waals surface area contributed by atoms with Crippen molar-refractivity contribution in [2.45, 2.75) is 44.8 Å². The van der Waals surface area contributed by atoms with Crippen LogP contribution < -0.4 is 10.5 Å². The highest BCUT2D eigenvalue weighted by Gasteiger charge is 2.32. The molecule has 1 aliphatic rings. The number of amides is 1. The van der Waals surface area contributed by atoms with Crippen LogP contribution in [-0.2, 0) is 11.3 Å². The quantitative estimate of drug-likeness (QED) is 0.852. The van der Waals surface area contributed by atoms with Crippen LogP contribution in [0.25, 0.3) is 0 Å². The molecule has 1 saturated carbocycles. The van der Waals surface area contributed by atoms with Gasteiger partial charge in [-0.1, -0.05) is 12.1 Å². The van der Waals surface area contributed by atoms with E-state index >= 15 is 0 Å². The number of nitrogens with two attached hydrogens (primary N) is 1. The lowest BCUT2D eigenvalue weighted by atomic mass is 10.1. The van der Waals surface area contributed by atoms with Crippen molar-refractivity contribution in [3.8, 4) is 5.75 Å². The molecule has 104 valence electrons. The molecule has 2 N–H and O–H groups in total. The van der Waals surface area contributed by atoms with E-state index in [1.165, 1.54) is 0 Å². The van der Waals surface area contributed by atoms with Gasteiger partial charge in [0.05, 0.1) is 7.11 Å². The molecule has 19 heavy (non-hydrogen) atoms. The molecule has 1 atom stereocenters. The van der Waals surface area contributed by atoms with E-state index in [0.29, 0.717) is 19.0 Å².